The molecule has 5 nitrogen and oxygen atoms in total. The third-order valence-corrected chi connectivity index (χ3v) is 2.25. The number of carbonyl (C=O) groups is 1. The number of nitrogens with two attached hydrogens (primary N) is 1. The maximum atomic E-state index is 11.0. The Balaban J connectivity index is 2.79. The molecular weight excluding hydrogens is 220 g/mol. The molecule has 0 aliphatic rings. The van der Waals surface area contributed by atoms with E-state index in [1.165, 1.54) is 6.07 Å². The quantitative estimate of drug-likeness (QED) is 0.658. The predicted molar refractivity (Wildman–Crippen MR) is 67.4 cm³/mol. The van der Waals surface area contributed by atoms with Crippen LogP contribution in [0.3, 0.4) is 0 Å². The standard InChI is InChI=1S/C12H18N2O3/c1-3-17-7-8(2)14-11-5-4-9(13)6-10(11)12(15)16/h4-6,8,14H,3,7,13H2,1-2H3,(H,15,16). The maximum Gasteiger partial charge on any atom is 0.337 e. The van der Waals surface area contributed by atoms with Crippen molar-refractivity contribution in [3.05, 3.63) is 23.8 Å². The molecule has 5 heteroatoms. The van der Waals surface area contributed by atoms with Crippen molar-refractivity contribution in [2.24, 2.45) is 0 Å². The first-order chi connectivity index (χ1) is 8.04. The minimum atomic E-state index is -0.997. The Labute approximate surface area is 101 Å². The molecule has 1 rings (SSSR count). The molecule has 4 N–H and O–H groups in total. The number of anilines is 2. The van der Waals surface area contributed by atoms with Crippen LogP contribution in [0.1, 0.15) is 24.2 Å². The lowest BCUT2D eigenvalue weighted by Gasteiger charge is -2.16. The fraction of sp³-hybridized carbons (Fsp3) is 0.417. The van der Waals surface area contributed by atoms with Gasteiger partial charge in [-0.2, -0.15) is 0 Å². The minimum absolute atomic E-state index is 0.0386. The lowest BCUT2D eigenvalue weighted by atomic mass is 10.1. The Kier molecular flexibility index (Phi) is 4.78. The van der Waals surface area contributed by atoms with Crippen molar-refractivity contribution in [2.45, 2.75) is 19.9 Å². The van der Waals surface area contributed by atoms with Gasteiger partial charge in [-0.1, -0.05) is 0 Å². The summed E-state index contributed by atoms with van der Waals surface area (Å²) in [6, 6.07) is 4.82. The number of nitrogen functional groups attached to an aromatic ring is 1. The van der Waals surface area contributed by atoms with E-state index in [4.69, 9.17) is 15.6 Å². The van der Waals surface area contributed by atoms with Crippen LogP contribution in [0.15, 0.2) is 18.2 Å². The molecule has 0 aliphatic heterocycles. The number of rotatable bonds is 6. The maximum absolute atomic E-state index is 11.0. The molecule has 0 radical (unpaired) electrons. The van der Waals surface area contributed by atoms with Crippen LogP contribution in [-0.2, 0) is 4.74 Å². The molecule has 94 valence electrons. The zero-order chi connectivity index (χ0) is 12.8. The van der Waals surface area contributed by atoms with Crippen molar-refractivity contribution in [1.29, 1.82) is 0 Å². The number of ether oxygens (including phenoxy) is 1. The molecule has 0 saturated heterocycles. The van der Waals surface area contributed by atoms with Crippen LogP contribution >= 0.6 is 0 Å². The summed E-state index contributed by atoms with van der Waals surface area (Å²) >= 11 is 0. The van der Waals surface area contributed by atoms with Crippen LogP contribution in [0.4, 0.5) is 11.4 Å². The van der Waals surface area contributed by atoms with Crippen LogP contribution in [0.2, 0.25) is 0 Å². The van der Waals surface area contributed by atoms with Gasteiger partial charge in [-0.25, -0.2) is 4.79 Å². The van der Waals surface area contributed by atoms with Crippen LogP contribution < -0.4 is 11.1 Å². The van der Waals surface area contributed by atoms with E-state index in [9.17, 15) is 4.79 Å². The van der Waals surface area contributed by atoms with Crippen molar-refractivity contribution >= 4 is 17.3 Å². The monoisotopic (exact) mass is 238 g/mol. The summed E-state index contributed by atoms with van der Waals surface area (Å²) in [5, 5.41) is 12.1. The number of hydrogen-bond donors (Lipinski definition) is 3. The van der Waals surface area contributed by atoms with Crippen LogP contribution in [0, 0.1) is 0 Å². The lowest BCUT2D eigenvalue weighted by Crippen LogP contribution is -2.23. The highest BCUT2D eigenvalue weighted by atomic mass is 16.5. The van der Waals surface area contributed by atoms with E-state index in [0.29, 0.717) is 24.6 Å². The number of carboxylic acid groups (broad SMARTS) is 1. The number of nitrogens with one attached hydrogen (secondary N) is 1. The van der Waals surface area contributed by atoms with Gasteiger partial charge in [0.15, 0.2) is 0 Å². The minimum Gasteiger partial charge on any atom is -0.478 e. The predicted octanol–water partition coefficient (Wildman–Crippen LogP) is 1.80. The van der Waals surface area contributed by atoms with E-state index in [1.807, 2.05) is 13.8 Å². The Morgan fingerprint density at radius 2 is 2.29 bits per heavy atom. The van der Waals surface area contributed by atoms with Crippen molar-refractivity contribution in [3.8, 4) is 0 Å². The van der Waals surface area contributed by atoms with Crippen molar-refractivity contribution < 1.29 is 14.6 Å². The summed E-state index contributed by atoms with van der Waals surface area (Å²) in [5.74, 6) is -0.997. The first-order valence-electron chi connectivity index (χ1n) is 5.51. The summed E-state index contributed by atoms with van der Waals surface area (Å²) in [6.07, 6.45) is 0. The fourth-order valence-corrected chi connectivity index (χ4v) is 1.47. The zero-order valence-corrected chi connectivity index (χ0v) is 10.1. The summed E-state index contributed by atoms with van der Waals surface area (Å²) in [4.78, 5) is 11.0. The van der Waals surface area contributed by atoms with E-state index in [-0.39, 0.29) is 11.6 Å². The molecule has 1 aromatic carbocycles. The van der Waals surface area contributed by atoms with Gasteiger partial charge in [0.1, 0.15) is 0 Å². The molecule has 1 atom stereocenters. The Hall–Kier alpha value is -1.75. The Morgan fingerprint density at radius 1 is 1.59 bits per heavy atom. The van der Waals surface area contributed by atoms with Crippen LogP contribution in [0.5, 0.6) is 0 Å². The molecular formula is C12H18N2O3. The third kappa shape index (κ3) is 3.96. The molecule has 0 bridgehead atoms. The molecule has 0 amide bonds. The van der Waals surface area contributed by atoms with Gasteiger partial charge in [0.25, 0.3) is 0 Å². The molecule has 1 unspecified atom stereocenters. The second-order valence-corrected chi connectivity index (χ2v) is 3.82. The number of aromatic carboxylic acids is 1. The van der Waals surface area contributed by atoms with Gasteiger partial charge in [-0.15, -0.1) is 0 Å². The van der Waals surface area contributed by atoms with Gasteiger partial charge in [0, 0.05) is 24.0 Å². The van der Waals surface area contributed by atoms with Gasteiger partial charge in [0.05, 0.1) is 12.2 Å². The SMILES string of the molecule is CCOCC(C)Nc1ccc(N)cc1C(=O)O. The van der Waals surface area contributed by atoms with Gasteiger partial charge < -0.3 is 20.9 Å². The van der Waals surface area contributed by atoms with Gasteiger partial charge in [0.2, 0.25) is 0 Å². The number of carboxylic acids is 1. The second kappa shape index (κ2) is 6.10. The smallest absolute Gasteiger partial charge is 0.337 e. The molecule has 17 heavy (non-hydrogen) atoms. The Bertz CT molecular complexity index is 393. The lowest BCUT2D eigenvalue weighted by molar-refractivity contribution is 0.0697. The second-order valence-electron chi connectivity index (χ2n) is 3.82. The van der Waals surface area contributed by atoms with Crippen molar-refractivity contribution in [3.63, 3.8) is 0 Å². The number of benzene rings is 1. The van der Waals surface area contributed by atoms with Crippen LogP contribution in [-0.4, -0.2) is 30.3 Å². The molecule has 0 heterocycles. The summed E-state index contributed by atoms with van der Waals surface area (Å²) in [7, 11) is 0. The van der Waals surface area contributed by atoms with Gasteiger partial charge in [-0.3, -0.25) is 0 Å². The Morgan fingerprint density at radius 3 is 2.88 bits per heavy atom. The highest BCUT2D eigenvalue weighted by Gasteiger charge is 2.12. The fourth-order valence-electron chi connectivity index (χ4n) is 1.47. The van der Waals surface area contributed by atoms with E-state index < -0.39 is 5.97 Å². The first-order valence-corrected chi connectivity index (χ1v) is 5.51. The molecule has 1 aromatic rings. The van der Waals surface area contributed by atoms with E-state index in [0.717, 1.165) is 0 Å². The molecule has 0 spiro atoms. The zero-order valence-electron chi connectivity index (χ0n) is 10.1. The molecule has 0 fully saturated rings. The molecule has 0 aliphatic carbocycles. The van der Waals surface area contributed by atoms with Gasteiger partial charge in [-0.05, 0) is 32.0 Å². The van der Waals surface area contributed by atoms with E-state index in [2.05, 4.69) is 5.32 Å². The topological polar surface area (TPSA) is 84.6 Å². The van der Waals surface area contributed by atoms with E-state index in [1.54, 1.807) is 12.1 Å². The summed E-state index contributed by atoms with van der Waals surface area (Å²) < 4.78 is 5.26. The summed E-state index contributed by atoms with van der Waals surface area (Å²) in [6.45, 7) is 5.01. The average Bonchev–Trinajstić information content (AvgIpc) is 2.28. The first kappa shape index (κ1) is 13.3. The molecule has 0 aromatic heterocycles. The largest absolute Gasteiger partial charge is 0.478 e. The van der Waals surface area contributed by atoms with Gasteiger partial charge >= 0.3 is 5.97 Å². The highest BCUT2D eigenvalue weighted by Crippen LogP contribution is 2.19. The average molecular weight is 238 g/mol. The van der Waals surface area contributed by atoms with Crippen molar-refractivity contribution in [1.82, 2.24) is 0 Å². The summed E-state index contributed by atoms with van der Waals surface area (Å²) in [5.41, 5.74) is 6.72. The normalized spacial score (nSPS) is 12.1. The van der Waals surface area contributed by atoms with E-state index >= 15 is 0 Å². The molecule has 0 saturated carbocycles. The third-order valence-electron chi connectivity index (χ3n) is 2.25. The van der Waals surface area contributed by atoms with Crippen LogP contribution in [0.25, 0.3) is 0 Å². The highest BCUT2D eigenvalue weighted by molar-refractivity contribution is 5.95. The van der Waals surface area contributed by atoms with Crippen molar-refractivity contribution in [2.75, 3.05) is 24.3 Å². The number of hydrogen-bond acceptors (Lipinski definition) is 4.